The van der Waals surface area contributed by atoms with Crippen LogP contribution in [0.1, 0.15) is 19.3 Å². The molecule has 0 radical (unpaired) electrons. The van der Waals surface area contributed by atoms with Gasteiger partial charge in [-0.25, -0.2) is 0 Å². The summed E-state index contributed by atoms with van der Waals surface area (Å²) in [5, 5.41) is 12.0. The number of carbonyl (C=O) groups excluding carboxylic acids is 1. The Balaban J connectivity index is 1.59. The van der Waals surface area contributed by atoms with Crippen molar-refractivity contribution in [2.45, 2.75) is 25.3 Å². The minimum Gasteiger partial charge on any atom is -0.481 e. The van der Waals surface area contributed by atoms with Gasteiger partial charge in [-0.1, -0.05) is 12.2 Å². The predicted molar refractivity (Wildman–Crippen MR) is 56.5 cm³/mol. The highest BCUT2D eigenvalue weighted by molar-refractivity contribution is 5.86. The third-order valence-electron chi connectivity index (χ3n) is 4.19. The Kier molecular flexibility index (Phi) is 1.91. The van der Waals surface area contributed by atoms with Crippen molar-refractivity contribution in [2.24, 2.45) is 23.7 Å². The fourth-order valence-corrected chi connectivity index (χ4v) is 3.00. The molecule has 4 nitrogen and oxygen atoms in total. The van der Waals surface area contributed by atoms with Crippen LogP contribution in [0, 0.1) is 23.7 Å². The van der Waals surface area contributed by atoms with E-state index < -0.39 is 5.97 Å². The maximum atomic E-state index is 11.7. The molecule has 0 aromatic carbocycles. The molecule has 3 aliphatic rings. The van der Waals surface area contributed by atoms with E-state index in [2.05, 4.69) is 11.9 Å². The lowest BCUT2D eigenvalue weighted by molar-refractivity contribution is -0.142. The molecule has 1 amide bonds. The smallest absolute Gasteiger partial charge is 0.306 e. The summed E-state index contributed by atoms with van der Waals surface area (Å²) in [6.07, 6.45) is 2.37. The first-order chi connectivity index (χ1) is 7.58. The summed E-state index contributed by atoms with van der Waals surface area (Å²) in [7, 11) is 0. The van der Waals surface area contributed by atoms with Gasteiger partial charge >= 0.3 is 5.97 Å². The van der Waals surface area contributed by atoms with E-state index in [0.717, 1.165) is 18.4 Å². The second kappa shape index (κ2) is 3.09. The van der Waals surface area contributed by atoms with E-state index in [0.29, 0.717) is 18.3 Å². The van der Waals surface area contributed by atoms with Gasteiger partial charge in [0.15, 0.2) is 0 Å². The first kappa shape index (κ1) is 9.87. The van der Waals surface area contributed by atoms with Gasteiger partial charge in [0.05, 0.1) is 11.8 Å². The number of carboxylic acid groups (broad SMARTS) is 1. The number of carbonyl (C=O) groups is 2. The van der Waals surface area contributed by atoms with Crippen LogP contribution in [0.15, 0.2) is 12.2 Å². The number of rotatable bonds is 3. The van der Waals surface area contributed by atoms with Crippen molar-refractivity contribution in [3.05, 3.63) is 12.2 Å². The molecule has 0 heterocycles. The molecular formula is C12H15NO3. The van der Waals surface area contributed by atoms with Gasteiger partial charge in [0.25, 0.3) is 0 Å². The van der Waals surface area contributed by atoms with Gasteiger partial charge in [-0.2, -0.15) is 0 Å². The molecule has 3 rings (SSSR count). The summed E-state index contributed by atoms with van der Waals surface area (Å²) in [5.41, 5.74) is 0.998. The molecule has 5 atom stereocenters. The molecule has 0 spiro atoms. The summed E-state index contributed by atoms with van der Waals surface area (Å²) in [6.45, 7) is 3.76. The van der Waals surface area contributed by atoms with Crippen molar-refractivity contribution in [3.8, 4) is 0 Å². The number of hydrogen-bond donors (Lipinski definition) is 2. The normalized spacial score (nSPS) is 43.8. The van der Waals surface area contributed by atoms with Crippen molar-refractivity contribution in [1.82, 2.24) is 5.32 Å². The first-order valence-electron chi connectivity index (χ1n) is 5.78. The lowest BCUT2D eigenvalue weighted by atomic mass is 10.0. The summed E-state index contributed by atoms with van der Waals surface area (Å²) < 4.78 is 0. The van der Waals surface area contributed by atoms with Gasteiger partial charge in [0, 0.05) is 6.04 Å². The Morgan fingerprint density at radius 2 is 2.00 bits per heavy atom. The van der Waals surface area contributed by atoms with Crippen LogP contribution in [-0.2, 0) is 9.59 Å². The van der Waals surface area contributed by atoms with E-state index >= 15 is 0 Å². The summed E-state index contributed by atoms with van der Waals surface area (Å²) >= 11 is 0. The molecule has 4 heteroatoms. The Labute approximate surface area is 93.7 Å². The Bertz CT molecular complexity index is 390. The number of amides is 1. The fourth-order valence-electron chi connectivity index (χ4n) is 3.00. The van der Waals surface area contributed by atoms with Crippen molar-refractivity contribution < 1.29 is 14.7 Å². The van der Waals surface area contributed by atoms with Crippen LogP contribution in [-0.4, -0.2) is 23.0 Å². The van der Waals surface area contributed by atoms with E-state index in [1.54, 1.807) is 0 Å². The number of aliphatic carboxylic acids is 1. The Morgan fingerprint density at radius 3 is 2.50 bits per heavy atom. The molecule has 86 valence electrons. The summed E-state index contributed by atoms with van der Waals surface area (Å²) in [4.78, 5) is 22.6. The SMILES string of the molecule is C=C1CC1C(=O)N[C@H]1C[C@@H](C(=O)O)[C@@H]2C[C@@H]21. The van der Waals surface area contributed by atoms with E-state index in [4.69, 9.17) is 5.11 Å². The quantitative estimate of drug-likeness (QED) is 0.692. The second-order valence-electron chi connectivity index (χ2n) is 5.27. The van der Waals surface area contributed by atoms with Crippen LogP contribution in [0.2, 0.25) is 0 Å². The standard InChI is InChI=1S/C12H15NO3/c1-5-2-6(5)11(14)13-10-4-9(12(15)16)7-3-8(7)10/h6-10H,1-4H2,(H,13,14)(H,15,16)/t6?,7-,8+,9-,10+/m1/s1. The van der Waals surface area contributed by atoms with E-state index in [1.807, 2.05) is 0 Å². The van der Waals surface area contributed by atoms with Crippen molar-refractivity contribution in [1.29, 1.82) is 0 Å². The minimum absolute atomic E-state index is 0.000998. The highest BCUT2D eigenvalue weighted by Gasteiger charge is 2.57. The maximum absolute atomic E-state index is 11.7. The number of hydrogen-bond acceptors (Lipinski definition) is 2. The van der Waals surface area contributed by atoms with Crippen molar-refractivity contribution >= 4 is 11.9 Å². The lowest BCUT2D eigenvalue weighted by Gasteiger charge is -2.15. The predicted octanol–water partition coefficient (Wildman–Crippen LogP) is 0.788. The van der Waals surface area contributed by atoms with E-state index in [-0.39, 0.29) is 23.8 Å². The van der Waals surface area contributed by atoms with Crippen molar-refractivity contribution in [2.75, 3.05) is 0 Å². The molecular weight excluding hydrogens is 206 g/mol. The van der Waals surface area contributed by atoms with Crippen molar-refractivity contribution in [3.63, 3.8) is 0 Å². The van der Waals surface area contributed by atoms with Crippen LogP contribution in [0.5, 0.6) is 0 Å². The lowest BCUT2D eigenvalue weighted by Crippen LogP contribution is -2.37. The van der Waals surface area contributed by atoms with Gasteiger partial charge in [-0.3, -0.25) is 9.59 Å². The van der Waals surface area contributed by atoms with Crippen LogP contribution in [0.4, 0.5) is 0 Å². The second-order valence-corrected chi connectivity index (χ2v) is 5.27. The zero-order chi connectivity index (χ0) is 11.4. The van der Waals surface area contributed by atoms with Gasteiger partial charge < -0.3 is 10.4 Å². The van der Waals surface area contributed by atoms with E-state index in [9.17, 15) is 9.59 Å². The molecule has 0 aromatic heterocycles. The first-order valence-corrected chi connectivity index (χ1v) is 5.78. The van der Waals surface area contributed by atoms with Crippen LogP contribution < -0.4 is 5.32 Å². The zero-order valence-corrected chi connectivity index (χ0v) is 8.98. The Morgan fingerprint density at radius 1 is 1.31 bits per heavy atom. The topological polar surface area (TPSA) is 66.4 Å². The molecule has 3 saturated carbocycles. The third kappa shape index (κ3) is 1.44. The Hall–Kier alpha value is -1.32. The van der Waals surface area contributed by atoms with Gasteiger partial charge in [0.2, 0.25) is 5.91 Å². The number of carboxylic acids is 1. The molecule has 0 bridgehead atoms. The number of fused-ring (bicyclic) bond motifs is 1. The molecule has 3 fully saturated rings. The van der Waals surface area contributed by atoms with Crippen LogP contribution >= 0.6 is 0 Å². The average Bonchev–Trinajstić information content (AvgIpc) is 3.09. The minimum atomic E-state index is -0.708. The van der Waals surface area contributed by atoms with E-state index in [1.165, 1.54) is 0 Å². The van der Waals surface area contributed by atoms with Crippen LogP contribution in [0.3, 0.4) is 0 Å². The number of nitrogens with one attached hydrogen (secondary N) is 1. The average molecular weight is 221 g/mol. The molecule has 3 aliphatic carbocycles. The zero-order valence-electron chi connectivity index (χ0n) is 8.98. The van der Waals surface area contributed by atoms with Gasteiger partial charge in [-0.05, 0) is 31.1 Å². The fraction of sp³-hybridized carbons (Fsp3) is 0.667. The summed E-state index contributed by atoms with van der Waals surface area (Å²) in [6, 6.07) is 0.0898. The van der Waals surface area contributed by atoms with Gasteiger partial charge in [-0.15, -0.1) is 0 Å². The molecule has 16 heavy (non-hydrogen) atoms. The highest BCUT2D eigenvalue weighted by atomic mass is 16.4. The van der Waals surface area contributed by atoms with Crippen LogP contribution in [0.25, 0.3) is 0 Å². The monoisotopic (exact) mass is 221 g/mol. The summed E-state index contributed by atoms with van der Waals surface area (Å²) in [5.74, 6) is -0.173. The largest absolute Gasteiger partial charge is 0.481 e. The third-order valence-corrected chi connectivity index (χ3v) is 4.19. The molecule has 1 unspecified atom stereocenters. The molecule has 0 saturated heterocycles. The molecule has 2 N–H and O–H groups in total. The molecule has 0 aliphatic heterocycles. The highest BCUT2D eigenvalue weighted by Crippen LogP contribution is 2.55. The molecule has 0 aromatic rings. The maximum Gasteiger partial charge on any atom is 0.306 e. The van der Waals surface area contributed by atoms with Gasteiger partial charge in [0.1, 0.15) is 0 Å².